The first-order valence-corrected chi connectivity index (χ1v) is 8.97. The summed E-state index contributed by atoms with van der Waals surface area (Å²) in [6, 6.07) is 9.12. The van der Waals surface area contributed by atoms with Crippen LogP contribution in [0.1, 0.15) is 23.2 Å². The molecule has 0 saturated carbocycles. The maximum absolute atomic E-state index is 12.4. The highest BCUT2D eigenvalue weighted by atomic mass is 32.2. The van der Waals surface area contributed by atoms with Gasteiger partial charge in [-0.15, -0.1) is 0 Å². The summed E-state index contributed by atoms with van der Waals surface area (Å²) in [6.07, 6.45) is 3.18. The zero-order valence-electron chi connectivity index (χ0n) is 13.7. The maximum Gasteiger partial charge on any atom is 0.240 e. The van der Waals surface area contributed by atoms with Gasteiger partial charge in [-0.25, -0.2) is 13.1 Å². The van der Waals surface area contributed by atoms with Gasteiger partial charge in [-0.1, -0.05) is 6.07 Å². The highest BCUT2D eigenvalue weighted by Crippen LogP contribution is 2.25. The second kappa shape index (κ2) is 7.57. The Morgan fingerprint density at radius 3 is 2.61 bits per heavy atom. The van der Waals surface area contributed by atoms with Crippen LogP contribution in [-0.2, 0) is 16.4 Å². The Hall–Kier alpha value is -1.92. The second-order valence-electron chi connectivity index (χ2n) is 5.41. The van der Waals surface area contributed by atoms with Crippen molar-refractivity contribution in [3.05, 3.63) is 53.3 Å². The fourth-order valence-corrected chi connectivity index (χ4v) is 3.76. The largest absolute Gasteiger partial charge is 0.496 e. The van der Waals surface area contributed by atoms with Crippen molar-refractivity contribution in [2.24, 2.45) is 0 Å². The summed E-state index contributed by atoms with van der Waals surface area (Å²) in [6.45, 7) is 3.98. The number of benzene rings is 1. The number of aryl methyl sites for hydroxylation is 3. The number of sulfonamides is 1. The van der Waals surface area contributed by atoms with Gasteiger partial charge in [0.1, 0.15) is 5.75 Å². The molecule has 23 heavy (non-hydrogen) atoms. The first kappa shape index (κ1) is 17.4. The number of ether oxygens (including phenoxy) is 1. The fraction of sp³-hybridized carbons (Fsp3) is 0.353. The molecule has 1 aromatic carbocycles. The summed E-state index contributed by atoms with van der Waals surface area (Å²) in [4.78, 5) is 4.52. The molecule has 0 amide bonds. The monoisotopic (exact) mass is 334 g/mol. The Bertz CT molecular complexity index is 759. The molecule has 0 aliphatic carbocycles. The van der Waals surface area contributed by atoms with Crippen LogP contribution in [0.4, 0.5) is 0 Å². The van der Waals surface area contributed by atoms with Gasteiger partial charge in [-0.2, -0.15) is 0 Å². The summed E-state index contributed by atoms with van der Waals surface area (Å²) in [5, 5.41) is 0. The molecule has 1 N–H and O–H groups in total. The van der Waals surface area contributed by atoms with Crippen molar-refractivity contribution in [2.75, 3.05) is 13.7 Å². The summed E-state index contributed by atoms with van der Waals surface area (Å²) in [5.74, 6) is 0.691. The first-order chi connectivity index (χ1) is 10.9. The van der Waals surface area contributed by atoms with Gasteiger partial charge < -0.3 is 4.74 Å². The molecule has 2 rings (SSSR count). The molecule has 0 aliphatic rings. The number of pyridine rings is 1. The minimum absolute atomic E-state index is 0.300. The number of hydrogen-bond donors (Lipinski definition) is 1. The third kappa shape index (κ3) is 4.53. The fourth-order valence-electron chi connectivity index (χ4n) is 2.37. The second-order valence-corrected chi connectivity index (χ2v) is 7.15. The predicted octanol–water partition coefficient (Wildman–Crippen LogP) is 2.62. The number of methoxy groups -OCH3 is 1. The maximum atomic E-state index is 12.4. The standard InChI is InChI=1S/C17H22N2O3S/c1-13-12-17(14(2)11-16(13)22-3)23(20,21)19-10-6-8-15-7-4-5-9-18-15/h4-5,7,9,11-12,19H,6,8,10H2,1-3H3. The van der Waals surface area contributed by atoms with Crippen molar-refractivity contribution < 1.29 is 13.2 Å². The lowest BCUT2D eigenvalue weighted by Gasteiger charge is -2.12. The average molecular weight is 334 g/mol. The van der Waals surface area contributed by atoms with Gasteiger partial charge in [-0.3, -0.25) is 4.98 Å². The van der Waals surface area contributed by atoms with Gasteiger partial charge in [0.2, 0.25) is 10.0 Å². The van der Waals surface area contributed by atoms with Crippen LogP contribution in [0, 0.1) is 13.8 Å². The van der Waals surface area contributed by atoms with E-state index in [1.54, 1.807) is 32.4 Å². The Kier molecular flexibility index (Phi) is 5.74. The van der Waals surface area contributed by atoms with Crippen LogP contribution in [0.15, 0.2) is 41.4 Å². The molecular formula is C17H22N2O3S. The summed E-state index contributed by atoms with van der Waals surface area (Å²) in [5.41, 5.74) is 2.43. The molecule has 0 bridgehead atoms. The van der Waals surface area contributed by atoms with E-state index in [4.69, 9.17) is 4.74 Å². The van der Waals surface area contributed by atoms with E-state index in [9.17, 15) is 8.42 Å². The molecular weight excluding hydrogens is 312 g/mol. The van der Waals surface area contributed by atoms with Crippen molar-refractivity contribution in [1.29, 1.82) is 0 Å². The molecule has 0 unspecified atom stereocenters. The van der Waals surface area contributed by atoms with Gasteiger partial charge in [0.05, 0.1) is 12.0 Å². The van der Waals surface area contributed by atoms with Gasteiger partial charge in [0.25, 0.3) is 0 Å². The highest BCUT2D eigenvalue weighted by molar-refractivity contribution is 7.89. The van der Waals surface area contributed by atoms with E-state index in [1.165, 1.54) is 0 Å². The van der Waals surface area contributed by atoms with E-state index < -0.39 is 10.0 Å². The zero-order valence-corrected chi connectivity index (χ0v) is 14.5. The molecule has 0 spiro atoms. The molecule has 0 fully saturated rings. The Morgan fingerprint density at radius 1 is 1.17 bits per heavy atom. The van der Waals surface area contributed by atoms with Crippen LogP contribution in [0.3, 0.4) is 0 Å². The van der Waals surface area contributed by atoms with Crippen LogP contribution in [0.5, 0.6) is 5.75 Å². The molecule has 2 aromatic rings. The lowest BCUT2D eigenvalue weighted by molar-refractivity contribution is 0.411. The molecule has 1 heterocycles. The molecule has 6 heteroatoms. The molecule has 0 saturated heterocycles. The van der Waals surface area contributed by atoms with E-state index >= 15 is 0 Å². The van der Waals surface area contributed by atoms with Crippen molar-refractivity contribution in [1.82, 2.24) is 9.71 Å². The topological polar surface area (TPSA) is 68.3 Å². The van der Waals surface area contributed by atoms with E-state index in [0.29, 0.717) is 29.2 Å². The summed E-state index contributed by atoms with van der Waals surface area (Å²) in [7, 11) is -1.94. The lowest BCUT2D eigenvalue weighted by atomic mass is 10.1. The normalized spacial score (nSPS) is 11.4. The first-order valence-electron chi connectivity index (χ1n) is 7.49. The minimum Gasteiger partial charge on any atom is -0.496 e. The van der Waals surface area contributed by atoms with Gasteiger partial charge in [-0.05, 0) is 62.1 Å². The van der Waals surface area contributed by atoms with Crippen LogP contribution < -0.4 is 9.46 Å². The van der Waals surface area contributed by atoms with Crippen molar-refractivity contribution in [3.63, 3.8) is 0 Å². The van der Waals surface area contributed by atoms with E-state index in [2.05, 4.69) is 9.71 Å². The Morgan fingerprint density at radius 2 is 1.96 bits per heavy atom. The Labute approximate surface area is 137 Å². The minimum atomic E-state index is -3.52. The summed E-state index contributed by atoms with van der Waals surface area (Å²) < 4.78 is 32.8. The molecule has 1 aromatic heterocycles. The third-order valence-electron chi connectivity index (χ3n) is 3.61. The molecule has 0 atom stereocenters. The number of aromatic nitrogens is 1. The van der Waals surface area contributed by atoms with E-state index in [-0.39, 0.29) is 0 Å². The summed E-state index contributed by atoms with van der Waals surface area (Å²) >= 11 is 0. The number of rotatable bonds is 7. The molecule has 124 valence electrons. The van der Waals surface area contributed by atoms with E-state index in [1.807, 2.05) is 25.1 Å². The Balaban J connectivity index is 2.00. The smallest absolute Gasteiger partial charge is 0.240 e. The molecule has 0 aliphatic heterocycles. The van der Waals surface area contributed by atoms with Crippen molar-refractivity contribution in [2.45, 2.75) is 31.6 Å². The predicted molar refractivity (Wildman–Crippen MR) is 90.2 cm³/mol. The quantitative estimate of drug-likeness (QED) is 0.790. The van der Waals surface area contributed by atoms with Gasteiger partial charge in [0.15, 0.2) is 0 Å². The van der Waals surface area contributed by atoms with Gasteiger partial charge in [0, 0.05) is 18.4 Å². The third-order valence-corrected chi connectivity index (χ3v) is 5.21. The van der Waals surface area contributed by atoms with Crippen molar-refractivity contribution >= 4 is 10.0 Å². The zero-order chi connectivity index (χ0) is 16.9. The number of hydrogen-bond acceptors (Lipinski definition) is 4. The highest BCUT2D eigenvalue weighted by Gasteiger charge is 2.18. The SMILES string of the molecule is COc1cc(C)c(S(=O)(=O)NCCCc2ccccn2)cc1C. The lowest BCUT2D eigenvalue weighted by Crippen LogP contribution is -2.26. The number of nitrogens with zero attached hydrogens (tertiary/aromatic N) is 1. The number of nitrogens with one attached hydrogen (secondary N) is 1. The van der Waals surface area contributed by atoms with Crippen LogP contribution >= 0.6 is 0 Å². The van der Waals surface area contributed by atoms with Crippen LogP contribution in [-0.4, -0.2) is 27.1 Å². The van der Waals surface area contributed by atoms with Crippen LogP contribution in [0.25, 0.3) is 0 Å². The van der Waals surface area contributed by atoms with Crippen LogP contribution in [0.2, 0.25) is 0 Å². The van der Waals surface area contributed by atoms with Gasteiger partial charge >= 0.3 is 0 Å². The average Bonchev–Trinajstić information content (AvgIpc) is 2.54. The van der Waals surface area contributed by atoms with E-state index in [0.717, 1.165) is 17.7 Å². The molecule has 5 nitrogen and oxygen atoms in total. The van der Waals surface area contributed by atoms with Crippen molar-refractivity contribution in [3.8, 4) is 5.75 Å². The molecule has 0 radical (unpaired) electrons.